The number of aromatic amines is 1. The number of nitrogens with zero attached hydrogens (tertiary/aromatic N) is 2. The van der Waals surface area contributed by atoms with Crippen LogP contribution in [0.3, 0.4) is 0 Å². The highest BCUT2D eigenvalue weighted by atomic mass is 16.5. The van der Waals surface area contributed by atoms with Crippen LogP contribution in [0, 0.1) is 13.8 Å². The molecule has 0 unspecified atom stereocenters. The third kappa shape index (κ3) is 3.03. The van der Waals surface area contributed by atoms with Crippen molar-refractivity contribution in [2.45, 2.75) is 20.8 Å². The van der Waals surface area contributed by atoms with E-state index in [0.29, 0.717) is 18.2 Å². The van der Waals surface area contributed by atoms with Crippen molar-refractivity contribution in [1.29, 1.82) is 0 Å². The summed E-state index contributed by atoms with van der Waals surface area (Å²) in [4.78, 5) is 11.8. The second kappa shape index (κ2) is 6.62. The Bertz CT molecular complexity index is 895. The van der Waals surface area contributed by atoms with Gasteiger partial charge in [-0.1, -0.05) is 6.07 Å². The lowest BCUT2D eigenvalue weighted by molar-refractivity contribution is 0.335. The van der Waals surface area contributed by atoms with Gasteiger partial charge in [0.2, 0.25) is 0 Å². The highest BCUT2D eigenvalue weighted by Gasteiger charge is 2.09. The summed E-state index contributed by atoms with van der Waals surface area (Å²) < 4.78 is 13.0. The molecule has 3 aromatic rings. The van der Waals surface area contributed by atoms with Crippen LogP contribution in [0.1, 0.15) is 18.3 Å². The molecule has 0 amide bonds. The Morgan fingerprint density at radius 3 is 2.42 bits per heavy atom. The largest absolute Gasteiger partial charge is 0.493 e. The smallest absolute Gasteiger partial charge is 0.347 e. The molecule has 1 heterocycles. The van der Waals surface area contributed by atoms with Gasteiger partial charge in [0.25, 0.3) is 0 Å². The van der Waals surface area contributed by atoms with Crippen LogP contribution in [-0.4, -0.2) is 21.4 Å². The number of aromatic nitrogens is 3. The van der Waals surface area contributed by atoms with E-state index in [-0.39, 0.29) is 5.69 Å². The van der Waals surface area contributed by atoms with Crippen LogP contribution >= 0.6 is 0 Å². The highest BCUT2D eigenvalue weighted by molar-refractivity contribution is 5.46. The highest BCUT2D eigenvalue weighted by Crippen LogP contribution is 2.31. The van der Waals surface area contributed by atoms with Gasteiger partial charge in [0.05, 0.1) is 12.3 Å². The second-order valence-electron chi connectivity index (χ2n) is 5.32. The van der Waals surface area contributed by atoms with Crippen LogP contribution < -0.4 is 15.2 Å². The fraction of sp³-hybridized carbons (Fsp3) is 0.222. The van der Waals surface area contributed by atoms with E-state index in [9.17, 15) is 4.79 Å². The van der Waals surface area contributed by atoms with Crippen molar-refractivity contribution in [2.24, 2.45) is 0 Å². The summed E-state index contributed by atoms with van der Waals surface area (Å²) in [5, 5.41) is 6.33. The summed E-state index contributed by atoms with van der Waals surface area (Å²) in [7, 11) is 0. The zero-order valence-electron chi connectivity index (χ0n) is 13.9. The summed E-state index contributed by atoms with van der Waals surface area (Å²) in [5.74, 6) is 2.84. The minimum Gasteiger partial charge on any atom is -0.493 e. The van der Waals surface area contributed by atoms with E-state index in [0.717, 1.165) is 22.7 Å². The Labute approximate surface area is 139 Å². The maximum atomic E-state index is 11.8. The molecule has 124 valence electrons. The van der Waals surface area contributed by atoms with Crippen LogP contribution in [0.2, 0.25) is 0 Å². The van der Waals surface area contributed by atoms with Crippen molar-refractivity contribution in [3.63, 3.8) is 0 Å². The molecule has 6 nitrogen and oxygen atoms in total. The first-order valence-corrected chi connectivity index (χ1v) is 7.75. The number of H-pyrrole nitrogens is 1. The fourth-order valence-corrected chi connectivity index (χ4v) is 2.49. The zero-order chi connectivity index (χ0) is 17.1. The molecule has 24 heavy (non-hydrogen) atoms. The van der Waals surface area contributed by atoms with E-state index in [1.165, 1.54) is 4.57 Å². The van der Waals surface area contributed by atoms with Gasteiger partial charge in [-0.3, -0.25) is 0 Å². The molecular formula is C18H19N3O3. The van der Waals surface area contributed by atoms with Gasteiger partial charge in [-0.15, -0.1) is 0 Å². The number of rotatable bonds is 5. The Hall–Kier alpha value is -3.02. The molecule has 0 radical (unpaired) electrons. The van der Waals surface area contributed by atoms with Crippen LogP contribution in [0.4, 0.5) is 0 Å². The summed E-state index contributed by atoms with van der Waals surface area (Å²) in [6.07, 6.45) is 0. The molecule has 0 fully saturated rings. The maximum absolute atomic E-state index is 11.8. The van der Waals surface area contributed by atoms with E-state index < -0.39 is 0 Å². The molecule has 0 saturated heterocycles. The lowest BCUT2D eigenvalue weighted by Crippen LogP contribution is -2.15. The summed E-state index contributed by atoms with van der Waals surface area (Å²) in [6.45, 7) is 6.29. The summed E-state index contributed by atoms with van der Waals surface area (Å²) in [5.41, 5.74) is 1.42. The minimum absolute atomic E-state index is 0.263. The Balaban J connectivity index is 1.85. The van der Waals surface area contributed by atoms with Gasteiger partial charge in [0, 0.05) is 5.56 Å². The topological polar surface area (TPSA) is 69.1 Å². The van der Waals surface area contributed by atoms with Crippen LogP contribution in [0.25, 0.3) is 5.69 Å². The van der Waals surface area contributed by atoms with Gasteiger partial charge in [-0.2, -0.15) is 5.10 Å². The first-order chi connectivity index (χ1) is 11.6. The number of nitrogens with one attached hydrogen (secondary N) is 1. The first kappa shape index (κ1) is 15.9. The molecule has 0 aliphatic heterocycles. The SMILES string of the molecule is CCOc1cccc(Oc2ccc(-n3c(C)n[nH]c3=O)cc2)c1C. The van der Waals surface area contributed by atoms with Crippen LogP contribution in [-0.2, 0) is 0 Å². The summed E-state index contributed by atoms with van der Waals surface area (Å²) in [6, 6.07) is 13.0. The van der Waals surface area contributed by atoms with Crippen molar-refractivity contribution in [3.8, 4) is 22.9 Å². The van der Waals surface area contributed by atoms with Crippen molar-refractivity contribution >= 4 is 0 Å². The second-order valence-corrected chi connectivity index (χ2v) is 5.32. The molecule has 0 spiro atoms. The standard InChI is InChI=1S/C18H19N3O3/c1-4-23-16-6-5-7-17(12(16)2)24-15-10-8-14(9-11-15)21-13(3)19-20-18(21)22/h5-11H,4H2,1-3H3,(H,20,22). The first-order valence-electron chi connectivity index (χ1n) is 7.75. The predicted molar refractivity (Wildman–Crippen MR) is 91.3 cm³/mol. The fourth-order valence-electron chi connectivity index (χ4n) is 2.49. The van der Waals surface area contributed by atoms with Gasteiger partial charge in [0.1, 0.15) is 23.1 Å². The molecule has 1 N–H and O–H groups in total. The normalized spacial score (nSPS) is 10.6. The van der Waals surface area contributed by atoms with Crippen molar-refractivity contribution in [2.75, 3.05) is 6.61 Å². The molecule has 0 atom stereocenters. The molecule has 6 heteroatoms. The third-order valence-corrected chi connectivity index (χ3v) is 3.70. The number of hydrogen-bond acceptors (Lipinski definition) is 4. The zero-order valence-corrected chi connectivity index (χ0v) is 13.9. The number of hydrogen-bond donors (Lipinski definition) is 1. The van der Waals surface area contributed by atoms with Crippen molar-refractivity contribution in [1.82, 2.24) is 14.8 Å². The molecule has 0 aliphatic carbocycles. The number of ether oxygens (including phenoxy) is 2. The average Bonchev–Trinajstić information content (AvgIpc) is 2.91. The number of benzene rings is 2. The van der Waals surface area contributed by atoms with E-state index in [1.54, 1.807) is 6.92 Å². The van der Waals surface area contributed by atoms with E-state index >= 15 is 0 Å². The lowest BCUT2D eigenvalue weighted by atomic mass is 10.2. The molecule has 3 rings (SSSR count). The van der Waals surface area contributed by atoms with Gasteiger partial charge in [0.15, 0.2) is 0 Å². The molecule has 1 aromatic heterocycles. The molecule has 0 saturated carbocycles. The minimum atomic E-state index is -0.263. The molecule has 0 bridgehead atoms. The predicted octanol–water partition coefficient (Wildman–Crippen LogP) is 3.37. The van der Waals surface area contributed by atoms with Crippen LogP contribution in [0.5, 0.6) is 17.2 Å². The monoisotopic (exact) mass is 325 g/mol. The van der Waals surface area contributed by atoms with Gasteiger partial charge < -0.3 is 9.47 Å². The summed E-state index contributed by atoms with van der Waals surface area (Å²) >= 11 is 0. The van der Waals surface area contributed by atoms with Gasteiger partial charge >= 0.3 is 5.69 Å². The van der Waals surface area contributed by atoms with E-state index in [2.05, 4.69) is 10.2 Å². The Kier molecular flexibility index (Phi) is 4.37. The molecule has 0 aliphatic rings. The number of aryl methyl sites for hydroxylation is 1. The molecule has 2 aromatic carbocycles. The van der Waals surface area contributed by atoms with E-state index in [1.807, 2.05) is 56.3 Å². The van der Waals surface area contributed by atoms with Crippen LogP contribution in [0.15, 0.2) is 47.3 Å². The van der Waals surface area contributed by atoms with Crippen molar-refractivity contribution in [3.05, 3.63) is 64.3 Å². The Morgan fingerprint density at radius 2 is 1.79 bits per heavy atom. The van der Waals surface area contributed by atoms with Gasteiger partial charge in [-0.05, 0) is 57.2 Å². The maximum Gasteiger partial charge on any atom is 0.347 e. The Morgan fingerprint density at radius 1 is 1.08 bits per heavy atom. The lowest BCUT2D eigenvalue weighted by Gasteiger charge is -2.13. The molecular weight excluding hydrogens is 306 g/mol. The van der Waals surface area contributed by atoms with Gasteiger partial charge in [-0.25, -0.2) is 14.5 Å². The average molecular weight is 325 g/mol. The van der Waals surface area contributed by atoms with Crippen molar-refractivity contribution < 1.29 is 9.47 Å². The van der Waals surface area contributed by atoms with E-state index in [4.69, 9.17) is 9.47 Å². The third-order valence-electron chi connectivity index (χ3n) is 3.70. The quantitative estimate of drug-likeness (QED) is 0.781.